The maximum Gasteiger partial charge on any atom is 0.0641 e. The molecule has 0 spiro atoms. The lowest BCUT2D eigenvalue weighted by atomic mass is 10.0. The molecule has 140 valence electrons. The number of benzene rings is 2. The smallest absolute Gasteiger partial charge is 0.0641 e. The van der Waals surface area contributed by atoms with Crippen molar-refractivity contribution < 1.29 is 0 Å². The Balaban J connectivity index is 0.00000169. The molecule has 0 aromatic heterocycles. The van der Waals surface area contributed by atoms with Gasteiger partial charge < -0.3 is 5.32 Å². The van der Waals surface area contributed by atoms with E-state index < -0.39 is 0 Å². The molecule has 1 saturated heterocycles. The van der Waals surface area contributed by atoms with Gasteiger partial charge in [0.25, 0.3) is 0 Å². The molecular weight excluding hydrogens is 409 g/mol. The number of hydrogen-bond donors (Lipinski definition) is 1. The molecule has 1 aliphatic heterocycles. The summed E-state index contributed by atoms with van der Waals surface area (Å²) in [6, 6.07) is 18.8. The molecule has 26 heavy (non-hydrogen) atoms. The van der Waals surface area contributed by atoms with E-state index in [2.05, 4.69) is 40.6 Å². The maximum absolute atomic E-state index is 9.33. The van der Waals surface area contributed by atoms with E-state index in [9.17, 15) is 5.26 Å². The van der Waals surface area contributed by atoms with Gasteiger partial charge in [-0.3, -0.25) is 4.90 Å². The molecule has 0 radical (unpaired) electrons. The predicted molar refractivity (Wildman–Crippen MR) is 114 cm³/mol. The Kier molecular flexibility index (Phi) is 10.4. The summed E-state index contributed by atoms with van der Waals surface area (Å²) >= 11 is 7.71. The van der Waals surface area contributed by atoms with Crippen LogP contribution in [0.15, 0.2) is 58.3 Å². The van der Waals surface area contributed by atoms with Crippen LogP contribution in [0.2, 0.25) is 5.02 Å². The number of nitriles is 1. The van der Waals surface area contributed by atoms with Crippen LogP contribution in [0.5, 0.6) is 0 Å². The minimum absolute atomic E-state index is 0. The Bertz CT molecular complexity index is 713. The Morgan fingerprint density at radius 3 is 2.38 bits per heavy atom. The van der Waals surface area contributed by atoms with Crippen molar-refractivity contribution >= 4 is 48.2 Å². The van der Waals surface area contributed by atoms with Crippen LogP contribution in [0.3, 0.4) is 0 Å². The fourth-order valence-corrected chi connectivity index (χ4v) is 4.12. The highest BCUT2D eigenvalue weighted by Crippen LogP contribution is 2.36. The first-order chi connectivity index (χ1) is 11.8. The number of halogens is 3. The van der Waals surface area contributed by atoms with Gasteiger partial charge in [0.05, 0.1) is 12.5 Å². The van der Waals surface area contributed by atoms with Gasteiger partial charge in [-0.15, -0.1) is 24.8 Å². The van der Waals surface area contributed by atoms with Crippen molar-refractivity contribution in [3.8, 4) is 6.07 Å². The predicted octanol–water partition coefficient (Wildman–Crippen LogP) is 5.19. The zero-order valence-electron chi connectivity index (χ0n) is 14.2. The molecule has 0 aliphatic carbocycles. The molecule has 0 saturated carbocycles. The minimum atomic E-state index is 0. The Labute approximate surface area is 176 Å². The molecule has 7 heteroatoms. The molecule has 2 aromatic rings. The van der Waals surface area contributed by atoms with E-state index in [0.717, 1.165) is 36.1 Å². The van der Waals surface area contributed by atoms with E-state index in [-0.39, 0.29) is 30.9 Å². The third-order valence-corrected chi connectivity index (χ3v) is 5.55. The van der Waals surface area contributed by atoms with Gasteiger partial charge in [0.1, 0.15) is 0 Å². The second kappa shape index (κ2) is 11.7. The number of nitrogens with one attached hydrogen (secondary N) is 1. The molecule has 0 bridgehead atoms. The average molecular weight is 431 g/mol. The van der Waals surface area contributed by atoms with Crippen molar-refractivity contribution in [1.82, 2.24) is 10.2 Å². The van der Waals surface area contributed by atoms with Gasteiger partial charge in [-0.1, -0.05) is 41.6 Å². The number of piperazine rings is 1. The monoisotopic (exact) mass is 429 g/mol. The molecule has 0 unspecified atom stereocenters. The van der Waals surface area contributed by atoms with Crippen LogP contribution >= 0.6 is 48.2 Å². The first-order valence-electron chi connectivity index (χ1n) is 8.12. The number of nitrogens with zero attached hydrogens (tertiary/aromatic N) is 2. The van der Waals surface area contributed by atoms with Crippen molar-refractivity contribution in [2.75, 3.05) is 26.2 Å². The molecule has 0 amide bonds. The summed E-state index contributed by atoms with van der Waals surface area (Å²) in [4.78, 5) is 4.78. The van der Waals surface area contributed by atoms with Gasteiger partial charge in [0.2, 0.25) is 0 Å². The molecule has 1 heterocycles. The van der Waals surface area contributed by atoms with Crippen LogP contribution in [0, 0.1) is 11.3 Å². The largest absolute Gasteiger partial charge is 0.314 e. The highest BCUT2D eigenvalue weighted by Gasteiger charge is 2.24. The SMILES string of the molecule is Cl.Cl.N#CC[C@@H](c1ccccc1Sc1ccc(Cl)cc1)N1CCNCC1. The highest BCUT2D eigenvalue weighted by molar-refractivity contribution is 7.99. The number of hydrogen-bond acceptors (Lipinski definition) is 4. The van der Waals surface area contributed by atoms with Crippen molar-refractivity contribution in [1.29, 1.82) is 5.26 Å². The quantitative estimate of drug-likeness (QED) is 0.708. The second-order valence-electron chi connectivity index (χ2n) is 5.76. The summed E-state index contributed by atoms with van der Waals surface area (Å²) in [5.74, 6) is 0. The first kappa shape index (κ1) is 23.1. The summed E-state index contributed by atoms with van der Waals surface area (Å²) in [6.07, 6.45) is 0.512. The van der Waals surface area contributed by atoms with E-state index in [4.69, 9.17) is 11.6 Å². The van der Waals surface area contributed by atoms with E-state index in [0.29, 0.717) is 6.42 Å². The zero-order valence-corrected chi connectivity index (χ0v) is 17.4. The van der Waals surface area contributed by atoms with Crippen LogP contribution in [-0.2, 0) is 0 Å². The minimum Gasteiger partial charge on any atom is -0.314 e. The molecule has 1 atom stereocenters. The normalized spacial score (nSPS) is 15.2. The van der Waals surface area contributed by atoms with Gasteiger partial charge in [0, 0.05) is 47.0 Å². The molecule has 3 nitrogen and oxygen atoms in total. The fraction of sp³-hybridized carbons (Fsp3) is 0.316. The van der Waals surface area contributed by atoms with Crippen molar-refractivity contribution in [2.45, 2.75) is 22.3 Å². The lowest BCUT2D eigenvalue weighted by molar-refractivity contribution is 0.174. The maximum atomic E-state index is 9.33. The van der Waals surface area contributed by atoms with E-state index in [1.54, 1.807) is 11.8 Å². The van der Waals surface area contributed by atoms with E-state index in [1.807, 2.05) is 24.3 Å². The van der Waals surface area contributed by atoms with Crippen molar-refractivity contribution in [2.24, 2.45) is 0 Å². The van der Waals surface area contributed by atoms with Gasteiger partial charge in [-0.25, -0.2) is 0 Å². The molecule has 3 rings (SSSR count). The zero-order chi connectivity index (χ0) is 16.8. The van der Waals surface area contributed by atoms with Crippen molar-refractivity contribution in [3.05, 3.63) is 59.1 Å². The fourth-order valence-electron chi connectivity index (χ4n) is 2.99. The Hall–Kier alpha value is -0.930. The van der Waals surface area contributed by atoms with Gasteiger partial charge in [-0.2, -0.15) is 5.26 Å². The Morgan fingerprint density at radius 2 is 1.73 bits per heavy atom. The van der Waals surface area contributed by atoms with Gasteiger partial charge in [0.15, 0.2) is 0 Å². The summed E-state index contributed by atoms with van der Waals surface area (Å²) in [5.41, 5.74) is 1.24. The highest BCUT2D eigenvalue weighted by atomic mass is 35.5. The summed E-state index contributed by atoms with van der Waals surface area (Å²) in [7, 11) is 0. The first-order valence-corrected chi connectivity index (χ1v) is 9.31. The van der Waals surface area contributed by atoms with E-state index in [1.165, 1.54) is 10.5 Å². The lowest BCUT2D eigenvalue weighted by Gasteiger charge is -2.34. The van der Waals surface area contributed by atoms with Gasteiger partial charge >= 0.3 is 0 Å². The van der Waals surface area contributed by atoms with E-state index >= 15 is 0 Å². The van der Waals surface area contributed by atoms with Crippen LogP contribution in [0.1, 0.15) is 18.0 Å². The summed E-state index contributed by atoms with van der Waals surface area (Å²) < 4.78 is 0. The molecule has 1 N–H and O–H groups in total. The molecule has 2 aromatic carbocycles. The van der Waals surface area contributed by atoms with Crippen LogP contribution in [-0.4, -0.2) is 31.1 Å². The summed E-state index contributed by atoms with van der Waals surface area (Å²) in [5, 5.41) is 13.5. The lowest BCUT2D eigenvalue weighted by Crippen LogP contribution is -2.45. The summed E-state index contributed by atoms with van der Waals surface area (Å²) in [6.45, 7) is 3.92. The number of rotatable bonds is 5. The van der Waals surface area contributed by atoms with Crippen LogP contribution in [0.25, 0.3) is 0 Å². The third-order valence-electron chi connectivity index (χ3n) is 4.20. The molecule has 1 fully saturated rings. The average Bonchev–Trinajstić information content (AvgIpc) is 2.63. The second-order valence-corrected chi connectivity index (χ2v) is 7.31. The van der Waals surface area contributed by atoms with Crippen molar-refractivity contribution in [3.63, 3.8) is 0 Å². The molecule has 1 aliphatic rings. The standard InChI is InChI=1S/C19H20ClN3S.2ClH/c20-15-5-7-16(8-6-15)24-19-4-2-1-3-17(19)18(9-10-21)23-13-11-22-12-14-23;;/h1-8,18,22H,9,11-14H2;2*1H/t18-;;/m0../s1. The Morgan fingerprint density at radius 1 is 1.08 bits per heavy atom. The topological polar surface area (TPSA) is 39.1 Å². The third kappa shape index (κ3) is 6.06. The van der Waals surface area contributed by atoms with Crippen LogP contribution < -0.4 is 5.32 Å². The molecular formula is C19H22Cl3N3S. The van der Waals surface area contributed by atoms with Crippen LogP contribution in [0.4, 0.5) is 0 Å². The van der Waals surface area contributed by atoms with Gasteiger partial charge in [-0.05, 0) is 35.9 Å².